The number of carbonyl (C=O) groups excluding carboxylic acids is 2. The summed E-state index contributed by atoms with van der Waals surface area (Å²) < 4.78 is 6.01. The molecule has 0 aromatic heterocycles. The lowest BCUT2D eigenvalue weighted by Gasteiger charge is -2.17. The van der Waals surface area contributed by atoms with Gasteiger partial charge < -0.3 is 10.5 Å². The lowest BCUT2D eigenvalue weighted by atomic mass is 9.96. The summed E-state index contributed by atoms with van der Waals surface area (Å²) in [6.07, 6.45) is 0. The van der Waals surface area contributed by atoms with Crippen LogP contribution in [0.25, 0.3) is 0 Å². The highest BCUT2D eigenvalue weighted by Gasteiger charge is 2.25. The third kappa shape index (κ3) is 2.20. The Morgan fingerprint density at radius 3 is 2.06 bits per heavy atom. The number of benzene rings is 1. The summed E-state index contributed by atoms with van der Waals surface area (Å²) >= 11 is 3.40. The van der Waals surface area contributed by atoms with E-state index in [0.29, 0.717) is 11.3 Å². The fourth-order valence-corrected chi connectivity index (χ4v) is 2.23. The van der Waals surface area contributed by atoms with Crippen LogP contribution < -0.4 is 10.5 Å². The van der Waals surface area contributed by atoms with Crippen LogP contribution in [-0.4, -0.2) is 18.8 Å². The van der Waals surface area contributed by atoms with E-state index < -0.39 is 11.7 Å². The fraction of sp³-hybridized carbons (Fsp3) is 0.333. The molecule has 1 aromatic carbocycles. The third-order valence-corrected chi connectivity index (χ3v) is 4.01. The van der Waals surface area contributed by atoms with Crippen molar-refractivity contribution in [2.75, 3.05) is 7.11 Å². The van der Waals surface area contributed by atoms with Gasteiger partial charge in [-0.2, -0.15) is 0 Å². The average Bonchev–Trinajstić information content (AvgIpc) is 2.29. The van der Waals surface area contributed by atoms with Crippen LogP contribution in [0.3, 0.4) is 0 Å². The van der Waals surface area contributed by atoms with E-state index in [9.17, 15) is 9.59 Å². The molecule has 1 amide bonds. The number of hydrogen-bond donors (Lipinski definition) is 1. The van der Waals surface area contributed by atoms with Gasteiger partial charge in [0, 0.05) is 4.47 Å². The zero-order valence-corrected chi connectivity index (χ0v) is 11.8. The van der Waals surface area contributed by atoms with Crippen LogP contribution >= 0.6 is 15.9 Å². The van der Waals surface area contributed by atoms with Crippen LogP contribution in [0.5, 0.6) is 5.75 Å². The molecule has 0 saturated carbocycles. The Labute approximate surface area is 108 Å². The van der Waals surface area contributed by atoms with Gasteiger partial charge in [0.05, 0.1) is 12.7 Å². The summed E-state index contributed by atoms with van der Waals surface area (Å²) in [5.74, 6) is -1.31. The highest BCUT2D eigenvalue weighted by atomic mass is 79.9. The molecule has 0 aliphatic heterocycles. The molecule has 92 valence electrons. The Balaban J connectivity index is 3.70. The molecule has 0 saturated heterocycles. The molecular formula is C12H14BrNO3. The lowest BCUT2D eigenvalue weighted by Crippen LogP contribution is -2.25. The standard InChI is InChI=1S/C12H14BrNO3/c1-5-6(2)11(17-4)8(7(3)9(5)13)10(15)12(14)16/h1-4H3,(H2,14,16). The molecule has 0 radical (unpaired) electrons. The Hall–Kier alpha value is -1.36. The smallest absolute Gasteiger partial charge is 0.289 e. The van der Waals surface area contributed by atoms with Crippen molar-refractivity contribution >= 4 is 27.6 Å². The molecule has 5 heteroatoms. The maximum absolute atomic E-state index is 11.8. The van der Waals surface area contributed by atoms with E-state index in [0.717, 1.165) is 15.6 Å². The second-order valence-corrected chi connectivity index (χ2v) is 4.58. The van der Waals surface area contributed by atoms with E-state index in [1.165, 1.54) is 7.11 Å². The van der Waals surface area contributed by atoms with E-state index in [4.69, 9.17) is 10.5 Å². The summed E-state index contributed by atoms with van der Waals surface area (Å²) in [4.78, 5) is 22.8. The lowest BCUT2D eigenvalue weighted by molar-refractivity contribution is -0.114. The van der Waals surface area contributed by atoms with Crippen molar-refractivity contribution in [2.24, 2.45) is 5.73 Å². The Bertz CT molecular complexity index is 509. The fourth-order valence-electron chi connectivity index (χ4n) is 1.74. The first-order valence-corrected chi connectivity index (χ1v) is 5.79. The van der Waals surface area contributed by atoms with Gasteiger partial charge in [-0.25, -0.2) is 0 Å². The zero-order chi connectivity index (χ0) is 13.3. The van der Waals surface area contributed by atoms with Gasteiger partial charge in [0.25, 0.3) is 11.7 Å². The molecule has 0 fully saturated rings. The zero-order valence-electron chi connectivity index (χ0n) is 10.2. The van der Waals surface area contributed by atoms with Gasteiger partial charge in [0.1, 0.15) is 5.75 Å². The van der Waals surface area contributed by atoms with Gasteiger partial charge in [-0.3, -0.25) is 9.59 Å². The first-order chi connectivity index (χ1) is 7.82. The number of nitrogens with two attached hydrogens (primary N) is 1. The van der Waals surface area contributed by atoms with Crippen LogP contribution in [0, 0.1) is 20.8 Å². The summed E-state index contributed by atoms with van der Waals surface area (Å²) in [5.41, 5.74) is 7.72. The van der Waals surface area contributed by atoms with Crippen LogP contribution in [0.1, 0.15) is 27.0 Å². The minimum absolute atomic E-state index is 0.231. The number of primary amides is 1. The minimum atomic E-state index is -0.985. The number of ketones is 1. The second kappa shape index (κ2) is 4.87. The van der Waals surface area contributed by atoms with Crippen molar-refractivity contribution in [1.29, 1.82) is 0 Å². The van der Waals surface area contributed by atoms with Gasteiger partial charge in [-0.1, -0.05) is 15.9 Å². The van der Waals surface area contributed by atoms with E-state index in [2.05, 4.69) is 15.9 Å². The Morgan fingerprint density at radius 1 is 1.12 bits per heavy atom. The Kier molecular flexibility index (Phi) is 3.93. The van der Waals surface area contributed by atoms with Gasteiger partial charge >= 0.3 is 0 Å². The molecule has 0 bridgehead atoms. The van der Waals surface area contributed by atoms with Gasteiger partial charge in [0.15, 0.2) is 0 Å². The average molecular weight is 300 g/mol. The normalized spacial score (nSPS) is 10.2. The number of ether oxygens (including phenoxy) is 1. The number of rotatable bonds is 3. The SMILES string of the molecule is COc1c(C)c(C)c(Br)c(C)c1C(=O)C(N)=O. The van der Waals surface area contributed by atoms with Crippen molar-refractivity contribution in [3.05, 3.63) is 26.7 Å². The molecule has 0 aliphatic carbocycles. The van der Waals surface area contributed by atoms with E-state index in [-0.39, 0.29) is 5.56 Å². The molecule has 1 rings (SSSR count). The highest BCUT2D eigenvalue weighted by Crippen LogP contribution is 2.36. The number of carbonyl (C=O) groups is 2. The topological polar surface area (TPSA) is 69.4 Å². The molecule has 0 unspecified atom stereocenters. The predicted molar refractivity (Wildman–Crippen MR) is 68.4 cm³/mol. The van der Waals surface area contributed by atoms with E-state index >= 15 is 0 Å². The van der Waals surface area contributed by atoms with Crippen molar-refractivity contribution in [2.45, 2.75) is 20.8 Å². The van der Waals surface area contributed by atoms with Crippen molar-refractivity contribution < 1.29 is 14.3 Å². The molecule has 17 heavy (non-hydrogen) atoms. The van der Waals surface area contributed by atoms with Crippen LogP contribution in [-0.2, 0) is 4.79 Å². The second-order valence-electron chi connectivity index (χ2n) is 3.79. The summed E-state index contributed by atoms with van der Waals surface area (Å²) in [6, 6.07) is 0. The van der Waals surface area contributed by atoms with Crippen molar-refractivity contribution in [1.82, 2.24) is 0 Å². The van der Waals surface area contributed by atoms with Gasteiger partial charge in [0.2, 0.25) is 0 Å². The number of Topliss-reactive ketones (excluding diaryl/α,β-unsaturated/α-hetero) is 1. The quantitative estimate of drug-likeness (QED) is 0.686. The monoisotopic (exact) mass is 299 g/mol. The van der Waals surface area contributed by atoms with Gasteiger partial charge in [-0.15, -0.1) is 0 Å². The summed E-state index contributed by atoms with van der Waals surface area (Å²) in [6.45, 7) is 5.48. The van der Waals surface area contributed by atoms with Crippen LogP contribution in [0.2, 0.25) is 0 Å². The molecule has 0 spiro atoms. The Morgan fingerprint density at radius 2 is 1.65 bits per heavy atom. The number of hydrogen-bond acceptors (Lipinski definition) is 3. The number of amides is 1. The first-order valence-electron chi connectivity index (χ1n) is 5.00. The molecular weight excluding hydrogens is 286 g/mol. The number of methoxy groups -OCH3 is 1. The maximum Gasteiger partial charge on any atom is 0.289 e. The first kappa shape index (κ1) is 13.7. The van der Waals surface area contributed by atoms with Crippen molar-refractivity contribution in [3.63, 3.8) is 0 Å². The van der Waals surface area contributed by atoms with E-state index in [1.807, 2.05) is 13.8 Å². The van der Waals surface area contributed by atoms with Gasteiger partial charge in [-0.05, 0) is 37.5 Å². The molecule has 4 nitrogen and oxygen atoms in total. The maximum atomic E-state index is 11.8. The highest BCUT2D eigenvalue weighted by molar-refractivity contribution is 9.10. The van der Waals surface area contributed by atoms with Crippen LogP contribution in [0.4, 0.5) is 0 Å². The van der Waals surface area contributed by atoms with Crippen LogP contribution in [0.15, 0.2) is 4.47 Å². The molecule has 1 aromatic rings. The molecule has 0 heterocycles. The van der Waals surface area contributed by atoms with Crippen molar-refractivity contribution in [3.8, 4) is 5.75 Å². The third-order valence-electron chi connectivity index (χ3n) is 2.82. The summed E-state index contributed by atoms with van der Waals surface area (Å²) in [5, 5.41) is 0. The summed E-state index contributed by atoms with van der Waals surface area (Å²) in [7, 11) is 1.47. The number of halogens is 1. The molecule has 2 N–H and O–H groups in total. The minimum Gasteiger partial charge on any atom is -0.496 e. The van der Waals surface area contributed by atoms with E-state index in [1.54, 1.807) is 6.92 Å². The predicted octanol–water partition coefficient (Wildman–Crippen LogP) is 2.05. The molecule has 0 atom stereocenters. The largest absolute Gasteiger partial charge is 0.496 e. The molecule has 0 aliphatic rings.